The zero-order chi connectivity index (χ0) is 12.1. The van der Waals surface area contributed by atoms with E-state index in [9.17, 15) is 0 Å². The highest BCUT2D eigenvalue weighted by molar-refractivity contribution is 5.33. The fourth-order valence-corrected chi connectivity index (χ4v) is 1.62. The van der Waals surface area contributed by atoms with E-state index in [1.54, 1.807) is 0 Å². The third kappa shape index (κ3) is 3.07. The predicted molar refractivity (Wildman–Crippen MR) is 64.8 cm³/mol. The molecular formula is C13H16N2O2. The summed E-state index contributed by atoms with van der Waals surface area (Å²) in [5.41, 5.74) is 1.94. The second-order valence-corrected chi connectivity index (χ2v) is 3.86. The molecule has 0 saturated carbocycles. The van der Waals surface area contributed by atoms with Crippen molar-refractivity contribution in [2.45, 2.75) is 20.1 Å². The van der Waals surface area contributed by atoms with Gasteiger partial charge in [0.25, 0.3) is 0 Å². The van der Waals surface area contributed by atoms with Crippen LogP contribution in [-0.4, -0.2) is 12.2 Å². The number of nitrogens with zero attached hydrogens (tertiary/aromatic N) is 1. The summed E-state index contributed by atoms with van der Waals surface area (Å²) in [6.45, 7) is 3.08. The molecule has 2 rings (SSSR count). The number of aromatic nitrogens is 1. The van der Waals surface area contributed by atoms with Crippen LogP contribution < -0.4 is 10.1 Å². The number of hydrogen-bond acceptors (Lipinski definition) is 4. The standard InChI is InChI=1S/C13H16N2O2/c1-10-7-12(15-17-10)9-16-13-6-4-3-5-11(13)8-14-2/h3-7,14H,8-9H2,1-2H3. The summed E-state index contributed by atoms with van der Waals surface area (Å²) < 4.78 is 10.7. The molecule has 0 fully saturated rings. The minimum atomic E-state index is 0.429. The monoisotopic (exact) mass is 232 g/mol. The average Bonchev–Trinajstić information content (AvgIpc) is 2.74. The molecule has 0 amide bonds. The molecule has 90 valence electrons. The van der Waals surface area contributed by atoms with Gasteiger partial charge >= 0.3 is 0 Å². The molecule has 2 aromatic rings. The van der Waals surface area contributed by atoms with Gasteiger partial charge in [-0.1, -0.05) is 23.4 Å². The average molecular weight is 232 g/mol. The van der Waals surface area contributed by atoms with E-state index in [0.717, 1.165) is 29.3 Å². The van der Waals surface area contributed by atoms with Gasteiger partial charge in [0.05, 0.1) is 0 Å². The van der Waals surface area contributed by atoms with Crippen molar-refractivity contribution in [3.63, 3.8) is 0 Å². The van der Waals surface area contributed by atoms with E-state index in [4.69, 9.17) is 9.26 Å². The van der Waals surface area contributed by atoms with Gasteiger partial charge in [0.2, 0.25) is 0 Å². The van der Waals surface area contributed by atoms with Gasteiger partial charge in [-0.25, -0.2) is 0 Å². The second kappa shape index (κ2) is 5.50. The normalized spacial score (nSPS) is 10.5. The van der Waals surface area contributed by atoms with Gasteiger partial charge in [-0.15, -0.1) is 0 Å². The molecule has 0 unspecified atom stereocenters. The van der Waals surface area contributed by atoms with Gasteiger partial charge in [0.15, 0.2) is 0 Å². The fourth-order valence-electron chi connectivity index (χ4n) is 1.62. The Morgan fingerprint density at radius 1 is 1.35 bits per heavy atom. The van der Waals surface area contributed by atoms with Crippen molar-refractivity contribution in [3.05, 3.63) is 47.3 Å². The van der Waals surface area contributed by atoms with Crippen molar-refractivity contribution in [1.82, 2.24) is 10.5 Å². The second-order valence-electron chi connectivity index (χ2n) is 3.86. The first-order valence-corrected chi connectivity index (χ1v) is 5.57. The van der Waals surface area contributed by atoms with E-state index in [1.165, 1.54) is 0 Å². The Morgan fingerprint density at radius 3 is 2.88 bits per heavy atom. The predicted octanol–water partition coefficient (Wildman–Crippen LogP) is 2.28. The zero-order valence-corrected chi connectivity index (χ0v) is 10.1. The molecule has 0 aliphatic heterocycles. The van der Waals surface area contributed by atoms with Crippen molar-refractivity contribution >= 4 is 0 Å². The lowest BCUT2D eigenvalue weighted by molar-refractivity contribution is 0.285. The Balaban J connectivity index is 2.03. The van der Waals surface area contributed by atoms with Crippen LogP contribution in [-0.2, 0) is 13.2 Å². The topological polar surface area (TPSA) is 47.3 Å². The molecule has 0 aliphatic rings. The van der Waals surface area contributed by atoms with Gasteiger partial charge < -0.3 is 14.6 Å². The van der Waals surface area contributed by atoms with Crippen molar-refractivity contribution in [2.75, 3.05) is 7.05 Å². The van der Waals surface area contributed by atoms with Crippen LogP contribution in [0.1, 0.15) is 17.0 Å². The first-order chi connectivity index (χ1) is 8.29. The van der Waals surface area contributed by atoms with Crippen LogP contribution in [0.25, 0.3) is 0 Å². The summed E-state index contributed by atoms with van der Waals surface area (Å²) in [5.74, 6) is 1.68. The number of nitrogens with one attached hydrogen (secondary N) is 1. The smallest absolute Gasteiger partial charge is 0.134 e. The van der Waals surface area contributed by atoms with Crippen LogP contribution >= 0.6 is 0 Å². The van der Waals surface area contributed by atoms with Gasteiger partial charge in [-0.2, -0.15) is 0 Å². The van der Waals surface area contributed by atoms with Gasteiger partial charge in [-0.05, 0) is 20.0 Å². The number of rotatable bonds is 5. The highest BCUT2D eigenvalue weighted by Crippen LogP contribution is 2.19. The van der Waals surface area contributed by atoms with Crippen LogP contribution in [0.4, 0.5) is 0 Å². The SMILES string of the molecule is CNCc1ccccc1OCc1cc(C)on1. The Kier molecular flexibility index (Phi) is 3.77. The van der Waals surface area contributed by atoms with Crippen LogP contribution in [0.2, 0.25) is 0 Å². The molecule has 0 aliphatic carbocycles. The molecule has 0 spiro atoms. The van der Waals surface area contributed by atoms with E-state index >= 15 is 0 Å². The van der Waals surface area contributed by atoms with Crippen LogP contribution in [0, 0.1) is 6.92 Å². The Bertz CT molecular complexity index is 480. The molecule has 1 aromatic heterocycles. The van der Waals surface area contributed by atoms with Crippen molar-refractivity contribution < 1.29 is 9.26 Å². The van der Waals surface area contributed by atoms with Crippen LogP contribution in [0.5, 0.6) is 5.75 Å². The summed E-state index contributed by atoms with van der Waals surface area (Å²) in [7, 11) is 1.91. The lowest BCUT2D eigenvalue weighted by atomic mass is 10.2. The number of aryl methyl sites for hydroxylation is 1. The van der Waals surface area contributed by atoms with Gasteiger partial charge in [-0.3, -0.25) is 0 Å². The number of para-hydroxylation sites is 1. The first-order valence-electron chi connectivity index (χ1n) is 5.57. The van der Waals surface area contributed by atoms with E-state index in [1.807, 2.05) is 44.3 Å². The third-order valence-corrected chi connectivity index (χ3v) is 2.39. The summed E-state index contributed by atoms with van der Waals surface area (Å²) in [6.07, 6.45) is 0. The zero-order valence-electron chi connectivity index (χ0n) is 10.1. The van der Waals surface area contributed by atoms with Crippen molar-refractivity contribution in [3.8, 4) is 5.75 Å². The molecule has 1 heterocycles. The van der Waals surface area contributed by atoms with Crippen molar-refractivity contribution in [2.24, 2.45) is 0 Å². The van der Waals surface area contributed by atoms with Gasteiger partial charge in [0, 0.05) is 18.2 Å². The summed E-state index contributed by atoms with van der Waals surface area (Å²) in [4.78, 5) is 0. The van der Waals surface area contributed by atoms with Crippen molar-refractivity contribution in [1.29, 1.82) is 0 Å². The highest BCUT2D eigenvalue weighted by atomic mass is 16.5. The highest BCUT2D eigenvalue weighted by Gasteiger charge is 2.04. The Hall–Kier alpha value is -1.81. The molecule has 17 heavy (non-hydrogen) atoms. The molecule has 0 radical (unpaired) electrons. The van der Waals surface area contributed by atoms with E-state index in [-0.39, 0.29) is 0 Å². The lowest BCUT2D eigenvalue weighted by Crippen LogP contribution is -2.07. The molecule has 0 atom stereocenters. The molecule has 4 heteroatoms. The maximum absolute atomic E-state index is 5.73. The molecule has 0 saturated heterocycles. The Morgan fingerprint density at radius 2 is 2.18 bits per heavy atom. The van der Waals surface area contributed by atoms with Gasteiger partial charge in [0.1, 0.15) is 23.8 Å². The summed E-state index contributed by atoms with van der Waals surface area (Å²) in [6, 6.07) is 9.84. The number of hydrogen-bond donors (Lipinski definition) is 1. The summed E-state index contributed by atoms with van der Waals surface area (Å²) >= 11 is 0. The van der Waals surface area contributed by atoms with Crippen LogP contribution in [0.3, 0.4) is 0 Å². The molecule has 0 bridgehead atoms. The molecular weight excluding hydrogens is 216 g/mol. The summed E-state index contributed by atoms with van der Waals surface area (Å²) in [5, 5.41) is 7.00. The molecule has 1 aromatic carbocycles. The minimum Gasteiger partial charge on any atom is -0.487 e. The molecule has 4 nitrogen and oxygen atoms in total. The first kappa shape index (κ1) is 11.7. The largest absolute Gasteiger partial charge is 0.487 e. The maximum Gasteiger partial charge on any atom is 0.134 e. The van der Waals surface area contributed by atoms with E-state index in [2.05, 4.69) is 10.5 Å². The molecule has 1 N–H and O–H groups in total. The lowest BCUT2D eigenvalue weighted by Gasteiger charge is -2.09. The number of benzene rings is 1. The quantitative estimate of drug-likeness (QED) is 0.859. The van der Waals surface area contributed by atoms with E-state index < -0.39 is 0 Å². The fraction of sp³-hybridized carbons (Fsp3) is 0.308. The minimum absolute atomic E-state index is 0.429. The third-order valence-electron chi connectivity index (χ3n) is 2.39. The number of ether oxygens (including phenoxy) is 1. The maximum atomic E-state index is 5.73. The van der Waals surface area contributed by atoms with E-state index in [0.29, 0.717) is 6.61 Å². The Labute approximate surface area is 101 Å². The van der Waals surface area contributed by atoms with Crippen LogP contribution in [0.15, 0.2) is 34.9 Å².